The molecule has 1 amide bonds. The highest BCUT2D eigenvalue weighted by Gasteiger charge is 2.32. The molecule has 6 nitrogen and oxygen atoms in total. The number of carbonyl (C=O) groups excluding carboxylic acids is 1. The number of amides is 1. The second-order valence-corrected chi connectivity index (χ2v) is 7.20. The Kier molecular flexibility index (Phi) is 5.79. The first kappa shape index (κ1) is 17.7. The van der Waals surface area contributed by atoms with Gasteiger partial charge in [0.05, 0.1) is 6.04 Å². The lowest BCUT2D eigenvalue weighted by atomic mass is 10.0. The normalized spacial score (nSPS) is 25.9. The minimum atomic E-state index is -0.0163. The van der Waals surface area contributed by atoms with Crippen molar-refractivity contribution in [3.63, 3.8) is 0 Å². The Morgan fingerprint density at radius 1 is 1.17 bits per heavy atom. The van der Waals surface area contributed by atoms with Gasteiger partial charge in [-0.15, -0.1) is 12.4 Å². The fraction of sp³-hybridized carbons (Fsp3) is 0.765. The van der Waals surface area contributed by atoms with Crippen molar-refractivity contribution in [1.29, 1.82) is 0 Å². The molecule has 3 fully saturated rings. The van der Waals surface area contributed by atoms with E-state index in [0.29, 0.717) is 17.8 Å². The van der Waals surface area contributed by atoms with Gasteiger partial charge in [-0.05, 0) is 51.1 Å². The van der Waals surface area contributed by atoms with Crippen LogP contribution >= 0.6 is 12.4 Å². The molecule has 4 rings (SSSR count). The summed E-state index contributed by atoms with van der Waals surface area (Å²) in [7, 11) is 0. The van der Waals surface area contributed by atoms with E-state index >= 15 is 0 Å². The molecule has 1 aliphatic carbocycles. The quantitative estimate of drug-likeness (QED) is 0.862. The van der Waals surface area contributed by atoms with E-state index in [9.17, 15) is 4.79 Å². The summed E-state index contributed by atoms with van der Waals surface area (Å²) in [5, 5.41) is 11.1. The molecule has 0 radical (unpaired) electrons. The zero-order valence-electron chi connectivity index (χ0n) is 14.1. The van der Waals surface area contributed by atoms with E-state index in [-0.39, 0.29) is 18.3 Å². The molecule has 1 aromatic heterocycles. The second-order valence-electron chi connectivity index (χ2n) is 7.20. The zero-order chi connectivity index (χ0) is 15.6. The van der Waals surface area contributed by atoms with Gasteiger partial charge < -0.3 is 15.5 Å². The average molecular weight is 354 g/mol. The lowest BCUT2D eigenvalue weighted by molar-refractivity contribution is 0.0902. The maximum absolute atomic E-state index is 12.4. The molecule has 1 aromatic rings. The summed E-state index contributed by atoms with van der Waals surface area (Å²) in [6, 6.07) is 3.38. The van der Waals surface area contributed by atoms with Crippen LogP contribution in [0.5, 0.6) is 0 Å². The van der Waals surface area contributed by atoms with Gasteiger partial charge in [0.15, 0.2) is 0 Å². The van der Waals surface area contributed by atoms with Crippen LogP contribution in [0.3, 0.4) is 0 Å². The molecule has 3 heterocycles. The van der Waals surface area contributed by atoms with Crippen LogP contribution in [0.2, 0.25) is 0 Å². The molecular formula is C17H28ClN5O. The van der Waals surface area contributed by atoms with Gasteiger partial charge in [-0.25, -0.2) is 0 Å². The molecule has 0 aromatic carbocycles. The average Bonchev–Trinajstić information content (AvgIpc) is 3.32. The SMILES string of the molecule is Cl.O=C(NC1CCN(C2CC2)CC1)c1ccn(C2CCCNC2)n1. The van der Waals surface area contributed by atoms with Crippen LogP contribution in [-0.2, 0) is 0 Å². The van der Waals surface area contributed by atoms with E-state index in [1.165, 1.54) is 19.3 Å². The Labute approximate surface area is 149 Å². The van der Waals surface area contributed by atoms with Gasteiger partial charge in [-0.1, -0.05) is 0 Å². The van der Waals surface area contributed by atoms with Crippen molar-refractivity contribution in [2.45, 2.75) is 56.7 Å². The highest BCUT2D eigenvalue weighted by atomic mass is 35.5. The van der Waals surface area contributed by atoms with E-state index in [0.717, 1.165) is 51.5 Å². The summed E-state index contributed by atoms with van der Waals surface area (Å²) in [5.41, 5.74) is 0.556. The third-order valence-corrected chi connectivity index (χ3v) is 5.41. The van der Waals surface area contributed by atoms with Crippen LogP contribution in [0, 0.1) is 0 Å². The summed E-state index contributed by atoms with van der Waals surface area (Å²) in [6.07, 6.45) is 9.11. The van der Waals surface area contributed by atoms with Crippen LogP contribution in [0.4, 0.5) is 0 Å². The van der Waals surface area contributed by atoms with E-state index in [4.69, 9.17) is 0 Å². The lowest BCUT2D eigenvalue weighted by Gasteiger charge is -2.32. The summed E-state index contributed by atoms with van der Waals surface area (Å²) < 4.78 is 1.96. The molecular weight excluding hydrogens is 326 g/mol. The third-order valence-electron chi connectivity index (χ3n) is 5.41. The minimum absolute atomic E-state index is 0. The molecule has 0 bridgehead atoms. The number of aromatic nitrogens is 2. The predicted octanol–water partition coefficient (Wildman–Crippen LogP) is 1.59. The Morgan fingerprint density at radius 2 is 1.96 bits per heavy atom. The minimum Gasteiger partial charge on any atom is -0.348 e. The van der Waals surface area contributed by atoms with Gasteiger partial charge in [0.25, 0.3) is 5.91 Å². The zero-order valence-corrected chi connectivity index (χ0v) is 14.9. The predicted molar refractivity (Wildman–Crippen MR) is 95.7 cm³/mol. The largest absolute Gasteiger partial charge is 0.348 e. The van der Waals surface area contributed by atoms with Crippen LogP contribution in [0.15, 0.2) is 12.3 Å². The van der Waals surface area contributed by atoms with Gasteiger partial charge in [-0.2, -0.15) is 5.10 Å². The van der Waals surface area contributed by atoms with Gasteiger partial charge in [0.2, 0.25) is 0 Å². The molecule has 0 spiro atoms. The van der Waals surface area contributed by atoms with Crippen molar-refractivity contribution in [3.8, 4) is 0 Å². The number of halogens is 1. The molecule has 3 aliphatic rings. The molecule has 2 N–H and O–H groups in total. The van der Waals surface area contributed by atoms with Crippen molar-refractivity contribution < 1.29 is 4.79 Å². The maximum Gasteiger partial charge on any atom is 0.271 e. The maximum atomic E-state index is 12.4. The van der Waals surface area contributed by atoms with Crippen molar-refractivity contribution >= 4 is 18.3 Å². The van der Waals surface area contributed by atoms with E-state index in [1.54, 1.807) is 0 Å². The topological polar surface area (TPSA) is 62.2 Å². The first-order valence-electron chi connectivity index (χ1n) is 9.10. The molecule has 2 aliphatic heterocycles. The Hall–Kier alpha value is -1.11. The lowest BCUT2D eigenvalue weighted by Crippen LogP contribution is -2.45. The van der Waals surface area contributed by atoms with E-state index < -0.39 is 0 Å². The van der Waals surface area contributed by atoms with E-state index in [1.807, 2.05) is 16.9 Å². The van der Waals surface area contributed by atoms with Crippen molar-refractivity contribution in [3.05, 3.63) is 18.0 Å². The van der Waals surface area contributed by atoms with Gasteiger partial charge in [0, 0.05) is 37.9 Å². The van der Waals surface area contributed by atoms with Crippen molar-refractivity contribution in [2.24, 2.45) is 0 Å². The standard InChI is InChI=1S/C17H27N5O.ClH/c23-17(19-13-5-9-21(10-6-13)14-3-4-14)16-7-11-22(20-16)15-2-1-8-18-12-15;/h7,11,13-15,18H,1-6,8-10,12H2,(H,19,23);1H. The number of piperidine rings is 2. The smallest absolute Gasteiger partial charge is 0.271 e. The molecule has 1 saturated carbocycles. The van der Waals surface area contributed by atoms with Crippen LogP contribution in [0.1, 0.15) is 55.1 Å². The Bertz CT molecular complexity index is 545. The molecule has 7 heteroatoms. The Balaban J connectivity index is 0.00000169. The molecule has 134 valence electrons. The highest BCUT2D eigenvalue weighted by Crippen LogP contribution is 2.29. The second kappa shape index (κ2) is 7.85. The fourth-order valence-corrected chi connectivity index (χ4v) is 3.83. The molecule has 1 atom stereocenters. The fourth-order valence-electron chi connectivity index (χ4n) is 3.83. The summed E-state index contributed by atoms with van der Waals surface area (Å²) in [6.45, 7) is 4.28. The number of nitrogens with one attached hydrogen (secondary N) is 2. The monoisotopic (exact) mass is 353 g/mol. The van der Waals surface area contributed by atoms with Crippen molar-refractivity contribution in [1.82, 2.24) is 25.3 Å². The highest BCUT2D eigenvalue weighted by molar-refractivity contribution is 5.92. The number of likely N-dealkylation sites (tertiary alicyclic amines) is 1. The van der Waals surface area contributed by atoms with Gasteiger partial charge in [0.1, 0.15) is 5.69 Å². The molecule has 1 unspecified atom stereocenters. The number of hydrogen-bond donors (Lipinski definition) is 2. The van der Waals surface area contributed by atoms with Crippen LogP contribution < -0.4 is 10.6 Å². The first-order valence-corrected chi connectivity index (χ1v) is 9.10. The van der Waals surface area contributed by atoms with Crippen molar-refractivity contribution in [2.75, 3.05) is 26.2 Å². The van der Waals surface area contributed by atoms with Crippen LogP contribution in [-0.4, -0.2) is 58.9 Å². The summed E-state index contributed by atoms with van der Waals surface area (Å²) >= 11 is 0. The third kappa shape index (κ3) is 4.10. The van der Waals surface area contributed by atoms with Crippen LogP contribution in [0.25, 0.3) is 0 Å². The van der Waals surface area contributed by atoms with E-state index in [2.05, 4.69) is 20.6 Å². The summed E-state index contributed by atoms with van der Waals surface area (Å²) in [5.74, 6) is -0.0163. The Morgan fingerprint density at radius 3 is 2.62 bits per heavy atom. The number of nitrogens with zero attached hydrogens (tertiary/aromatic N) is 3. The number of rotatable bonds is 4. The van der Waals surface area contributed by atoms with Gasteiger partial charge >= 0.3 is 0 Å². The molecule has 2 saturated heterocycles. The first-order chi connectivity index (χ1) is 11.3. The number of hydrogen-bond acceptors (Lipinski definition) is 4. The summed E-state index contributed by atoms with van der Waals surface area (Å²) in [4.78, 5) is 15.0. The molecule has 24 heavy (non-hydrogen) atoms. The van der Waals surface area contributed by atoms with Gasteiger partial charge in [-0.3, -0.25) is 9.48 Å². The number of carbonyl (C=O) groups is 1.